The Labute approximate surface area is 94.0 Å². The van der Waals surface area contributed by atoms with Crippen molar-refractivity contribution in [1.29, 1.82) is 5.41 Å². The van der Waals surface area contributed by atoms with Crippen LogP contribution in [-0.4, -0.2) is 35.9 Å². The summed E-state index contributed by atoms with van der Waals surface area (Å²) in [5, 5.41) is 18.2. The molecular formula is C10H18FN3O2. The SMILES string of the molecule is C[C@](N)(CC/C(F)=C\CNCC=N)C(=O)O. The van der Waals surface area contributed by atoms with Crippen LogP contribution in [0.25, 0.3) is 0 Å². The Morgan fingerprint density at radius 2 is 2.25 bits per heavy atom. The number of carbonyl (C=O) groups is 1. The highest BCUT2D eigenvalue weighted by Crippen LogP contribution is 2.14. The summed E-state index contributed by atoms with van der Waals surface area (Å²) in [6, 6.07) is 0. The maximum absolute atomic E-state index is 13.1. The van der Waals surface area contributed by atoms with Crippen LogP contribution in [0, 0.1) is 5.41 Å². The zero-order chi connectivity index (χ0) is 12.6. The van der Waals surface area contributed by atoms with Gasteiger partial charge in [0.1, 0.15) is 5.54 Å². The van der Waals surface area contributed by atoms with Gasteiger partial charge in [-0.25, -0.2) is 4.39 Å². The van der Waals surface area contributed by atoms with Crippen LogP contribution in [0.1, 0.15) is 19.8 Å². The van der Waals surface area contributed by atoms with E-state index in [1.807, 2.05) is 0 Å². The average Bonchev–Trinajstić information content (AvgIpc) is 2.21. The molecule has 0 aromatic rings. The van der Waals surface area contributed by atoms with Crippen LogP contribution in [0.2, 0.25) is 0 Å². The van der Waals surface area contributed by atoms with Crippen LogP contribution < -0.4 is 11.1 Å². The summed E-state index contributed by atoms with van der Waals surface area (Å²) in [5.41, 5.74) is 4.05. The summed E-state index contributed by atoms with van der Waals surface area (Å²) < 4.78 is 13.1. The largest absolute Gasteiger partial charge is 0.480 e. The molecule has 1 atom stereocenters. The van der Waals surface area contributed by atoms with Gasteiger partial charge in [-0.1, -0.05) is 0 Å². The summed E-state index contributed by atoms with van der Waals surface area (Å²) in [6.45, 7) is 2.05. The first kappa shape index (κ1) is 14.7. The van der Waals surface area contributed by atoms with Gasteiger partial charge in [-0.15, -0.1) is 0 Å². The number of hydrogen-bond acceptors (Lipinski definition) is 4. The van der Waals surface area contributed by atoms with Crippen molar-refractivity contribution in [3.8, 4) is 0 Å². The van der Waals surface area contributed by atoms with Gasteiger partial charge in [-0.2, -0.15) is 0 Å². The Balaban J connectivity index is 3.92. The predicted octanol–water partition coefficient (Wildman–Crippen LogP) is 0.661. The molecule has 0 aliphatic heterocycles. The smallest absolute Gasteiger partial charge is 0.323 e. The molecule has 0 aromatic heterocycles. The topological polar surface area (TPSA) is 99.2 Å². The summed E-state index contributed by atoms with van der Waals surface area (Å²) in [6.07, 6.45) is 2.55. The standard InChI is InChI=1S/C10H18FN3O2/c1-10(13,9(15)16)4-2-8(11)3-6-14-7-5-12/h3,5,12,14H,2,4,6-7,13H2,1H3,(H,15,16)/b8-3+,12-5?/t10-/m0/s1. The third-order valence-corrected chi connectivity index (χ3v) is 2.09. The van der Waals surface area contributed by atoms with Crippen molar-refractivity contribution in [2.45, 2.75) is 25.3 Å². The lowest BCUT2D eigenvalue weighted by Crippen LogP contribution is -2.44. The monoisotopic (exact) mass is 231 g/mol. The maximum atomic E-state index is 13.1. The van der Waals surface area contributed by atoms with Gasteiger partial charge < -0.3 is 21.6 Å². The fraction of sp³-hybridized carbons (Fsp3) is 0.600. The molecular weight excluding hydrogens is 213 g/mol. The zero-order valence-corrected chi connectivity index (χ0v) is 9.29. The Hall–Kier alpha value is -1.27. The zero-order valence-electron chi connectivity index (χ0n) is 9.29. The number of nitrogens with two attached hydrogens (primary N) is 1. The second-order valence-electron chi connectivity index (χ2n) is 3.74. The second kappa shape index (κ2) is 7.08. The van der Waals surface area contributed by atoms with Gasteiger partial charge in [0.2, 0.25) is 0 Å². The molecule has 0 radical (unpaired) electrons. The van der Waals surface area contributed by atoms with Crippen LogP contribution in [0.5, 0.6) is 0 Å². The van der Waals surface area contributed by atoms with Gasteiger partial charge in [0, 0.05) is 25.7 Å². The molecule has 0 spiro atoms. The van der Waals surface area contributed by atoms with E-state index in [2.05, 4.69) is 5.32 Å². The van der Waals surface area contributed by atoms with Gasteiger partial charge in [0.05, 0.1) is 5.83 Å². The average molecular weight is 231 g/mol. The Morgan fingerprint density at radius 3 is 2.75 bits per heavy atom. The van der Waals surface area contributed by atoms with Crippen LogP contribution in [-0.2, 0) is 4.79 Å². The maximum Gasteiger partial charge on any atom is 0.323 e. The van der Waals surface area contributed by atoms with Gasteiger partial charge in [-0.3, -0.25) is 4.79 Å². The lowest BCUT2D eigenvalue weighted by Gasteiger charge is -2.17. The van der Waals surface area contributed by atoms with E-state index in [9.17, 15) is 9.18 Å². The Bertz CT molecular complexity index is 277. The normalized spacial score (nSPS) is 15.6. The van der Waals surface area contributed by atoms with Gasteiger partial charge in [-0.05, 0) is 19.4 Å². The number of allylic oxidation sites excluding steroid dienone is 1. The van der Waals surface area contributed by atoms with Crippen molar-refractivity contribution in [1.82, 2.24) is 5.32 Å². The third kappa shape index (κ3) is 6.26. The molecule has 6 heteroatoms. The summed E-state index contributed by atoms with van der Waals surface area (Å²) >= 11 is 0. The lowest BCUT2D eigenvalue weighted by atomic mass is 9.97. The number of carboxylic acids is 1. The summed E-state index contributed by atoms with van der Waals surface area (Å²) in [4.78, 5) is 10.6. The Kier molecular flexibility index (Phi) is 6.52. The third-order valence-electron chi connectivity index (χ3n) is 2.09. The van der Waals surface area contributed by atoms with Crippen molar-refractivity contribution in [3.05, 3.63) is 11.9 Å². The van der Waals surface area contributed by atoms with E-state index in [4.69, 9.17) is 16.2 Å². The molecule has 16 heavy (non-hydrogen) atoms. The second-order valence-corrected chi connectivity index (χ2v) is 3.74. The van der Waals surface area contributed by atoms with Crippen molar-refractivity contribution in [2.75, 3.05) is 13.1 Å². The molecule has 0 aliphatic rings. The van der Waals surface area contributed by atoms with E-state index in [0.717, 1.165) is 0 Å². The van der Waals surface area contributed by atoms with Crippen LogP contribution >= 0.6 is 0 Å². The quantitative estimate of drug-likeness (QED) is 0.364. The first-order valence-corrected chi connectivity index (χ1v) is 4.96. The number of aliphatic carboxylic acids is 1. The first-order chi connectivity index (χ1) is 7.40. The number of halogens is 1. The highest BCUT2D eigenvalue weighted by molar-refractivity contribution is 5.77. The van der Waals surface area contributed by atoms with E-state index in [1.165, 1.54) is 19.2 Å². The summed E-state index contributed by atoms with van der Waals surface area (Å²) in [5.74, 6) is -1.53. The molecule has 0 heterocycles. The molecule has 5 nitrogen and oxygen atoms in total. The van der Waals surface area contributed by atoms with Crippen LogP contribution in [0.15, 0.2) is 11.9 Å². The molecule has 0 bridgehead atoms. The molecule has 0 amide bonds. The van der Waals surface area contributed by atoms with E-state index in [1.54, 1.807) is 0 Å². The van der Waals surface area contributed by atoms with Crippen molar-refractivity contribution < 1.29 is 14.3 Å². The van der Waals surface area contributed by atoms with Crippen molar-refractivity contribution in [2.24, 2.45) is 5.73 Å². The van der Waals surface area contributed by atoms with E-state index < -0.39 is 17.3 Å². The van der Waals surface area contributed by atoms with E-state index in [-0.39, 0.29) is 12.8 Å². The molecule has 0 rings (SSSR count). The molecule has 0 unspecified atom stereocenters. The molecule has 5 N–H and O–H groups in total. The number of nitrogens with one attached hydrogen (secondary N) is 2. The predicted molar refractivity (Wildman–Crippen MR) is 60.3 cm³/mol. The van der Waals surface area contributed by atoms with Gasteiger partial charge in [0.25, 0.3) is 0 Å². The molecule has 0 saturated carbocycles. The highest BCUT2D eigenvalue weighted by atomic mass is 19.1. The fourth-order valence-corrected chi connectivity index (χ4v) is 0.926. The molecule has 0 aromatic carbocycles. The fourth-order valence-electron chi connectivity index (χ4n) is 0.926. The summed E-state index contributed by atoms with van der Waals surface area (Å²) in [7, 11) is 0. The molecule has 0 saturated heterocycles. The van der Waals surface area contributed by atoms with E-state index >= 15 is 0 Å². The van der Waals surface area contributed by atoms with Gasteiger partial charge >= 0.3 is 5.97 Å². The van der Waals surface area contributed by atoms with Crippen molar-refractivity contribution >= 4 is 12.2 Å². The Morgan fingerprint density at radius 1 is 1.62 bits per heavy atom. The van der Waals surface area contributed by atoms with Crippen LogP contribution in [0.4, 0.5) is 4.39 Å². The van der Waals surface area contributed by atoms with E-state index in [0.29, 0.717) is 13.1 Å². The minimum Gasteiger partial charge on any atom is -0.480 e. The van der Waals surface area contributed by atoms with Crippen molar-refractivity contribution in [3.63, 3.8) is 0 Å². The van der Waals surface area contributed by atoms with Crippen LogP contribution in [0.3, 0.4) is 0 Å². The number of carboxylic acid groups (broad SMARTS) is 1. The van der Waals surface area contributed by atoms with Gasteiger partial charge in [0.15, 0.2) is 0 Å². The molecule has 0 aliphatic carbocycles. The first-order valence-electron chi connectivity index (χ1n) is 4.96. The molecule has 0 fully saturated rings. The molecule has 92 valence electrons. The number of hydrogen-bond donors (Lipinski definition) is 4. The number of rotatable bonds is 8. The minimum atomic E-state index is -1.40. The minimum absolute atomic E-state index is 0.00553. The lowest BCUT2D eigenvalue weighted by molar-refractivity contribution is -0.142. The highest BCUT2D eigenvalue weighted by Gasteiger charge is 2.27.